The number of ether oxygens (including phenoxy) is 4. The molecule has 158 valence electrons. The first-order valence-electron chi connectivity index (χ1n) is 10.1. The van der Waals surface area contributed by atoms with E-state index in [1.165, 1.54) is 19.3 Å². The molecule has 0 radical (unpaired) electrons. The molecule has 1 aromatic rings. The van der Waals surface area contributed by atoms with Crippen LogP contribution in [0.15, 0.2) is 6.07 Å². The van der Waals surface area contributed by atoms with Gasteiger partial charge in [0.1, 0.15) is 0 Å². The molecule has 1 aromatic carbocycles. The third-order valence-corrected chi connectivity index (χ3v) is 4.91. The van der Waals surface area contributed by atoms with E-state index in [9.17, 15) is 4.79 Å². The van der Waals surface area contributed by atoms with Crippen LogP contribution in [0, 0.1) is 0 Å². The predicted molar refractivity (Wildman–Crippen MR) is 109 cm³/mol. The summed E-state index contributed by atoms with van der Waals surface area (Å²) in [5.74, 6) is 1.63. The average Bonchev–Trinajstić information content (AvgIpc) is 2.75. The van der Waals surface area contributed by atoms with Crippen LogP contribution in [0.3, 0.4) is 0 Å². The third kappa shape index (κ3) is 5.44. The van der Waals surface area contributed by atoms with Crippen molar-refractivity contribution in [1.29, 1.82) is 0 Å². The monoisotopic (exact) mass is 394 g/mol. The van der Waals surface area contributed by atoms with Crippen LogP contribution in [0.5, 0.6) is 23.0 Å². The molecule has 0 spiro atoms. The molecule has 7 heteroatoms. The summed E-state index contributed by atoms with van der Waals surface area (Å²) < 4.78 is 22.6. The Labute approximate surface area is 168 Å². The van der Waals surface area contributed by atoms with E-state index in [1.54, 1.807) is 27.4 Å². The lowest BCUT2D eigenvalue weighted by molar-refractivity contribution is 0.0729. The summed E-state index contributed by atoms with van der Waals surface area (Å²) in [7, 11) is 4.64. The second-order valence-electron chi connectivity index (χ2n) is 6.83. The molecule has 0 atom stereocenters. The number of piperazine rings is 1. The van der Waals surface area contributed by atoms with Gasteiger partial charge in [-0.25, -0.2) is 0 Å². The first-order chi connectivity index (χ1) is 13.7. The fourth-order valence-electron chi connectivity index (χ4n) is 3.35. The molecule has 1 aliphatic rings. The van der Waals surface area contributed by atoms with Gasteiger partial charge in [0.05, 0.1) is 33.5 Å². The molecule has 7 nitrogen and oxygen atoms in total. The number of nitrogens with one attached hydrogen (secondary N) is 1. The minimum atomic E-state index is -0.0817. The van der Waals surface area contributed by atoms with Crippen molar-refractivity contribution in [2.75, 3.05) is 54.1 Å². The van der Waals surface area contributed by atoms with Crippen LogP contribution in [0.1, 0.15) is 49.4 Å². The minimum absolute atomic E-state index is 0.0817. The topological polar surface area (TPSA) is 69.3 Å². The molecular formula is C21H34N2O5. The van der Waals surface area contributed by atoms with E-state index in [-0.39, 0.29) is 5.91 Å². The fourth-order valence-corrected chi connectivity index (χ4v) is 3.35. The van der Waals surface area contributed by atoms with Gasteiger partial charge in [0, 0.05) is 32.2 Å². The van der Waals surface area contributed by atoms with Crippen LogP contribution in [0.25, 0.3) is 0 Å². The number of nitrogens with zero attached hydrogens (tertiary/aromatic N) is 1. The number of hydrogen-bond donors (Lipinski definition) is 1. The van der Waals surface area contributed by atoms with Gasteiger partial charge in [-0.15, -0.1) is 0 Å². The number of hydrogen-bond acceptors (Lipinski definition) is 6. The molecule has 0 unspecified atom stereocenters. The molecule has 0 aliphatic carbocycles. The Hall–Kier alpha value is -2.15. The normalized spacial score (nSPS) is 13.9. The average molecular weight is 395 g/mol. The highest BCUT2D eigenvalue weighted by molar-refractivity contribution is 5.99. The van der Waals surface area contributed by atoms with Gasteiger partial charge >= 0.3 is 0 Å². The first-order valence-corrected chi connectivity index (χ1v) is 10.1. The minimum Gasteiger partial charge on any atom is -0.493 e. The van der Waals surface area contributed by atoms with Crippen molar-refractivity contribution in [2.24, 2.45) is 0 Å². The molecule has 1 amide bonds. The van der Waals surface area contributed by atoms with E-state index in [0.717, 1.165) is 25.9 Å². The van der Waals surface area contributed by atoms with Crippen LogP contribution >= 0.6 is 0 Å². The SMILES string of the molecule is CCCCCCCOc1c(C(=O)N2CCNCC2)cc(OC)c(OC)c1OC. The molecule has 1 N–H and O–H groups in total. The Morgan fingerprint density at radius 2 is 1.64 bits per heavy atom. The maximum atomic E-state index is 13.2. The zero-order valence-corrected chi connectivity index (χ0v) is 17.6. The van der Waals surface area contributed by atoms with E-state index in [2.05, 4.69) is 12.2 Å². The van der Waals surface area contributed by atoms with Crippen molar-refractivity contribution in [2.45, 2.75) is 39.0 Å². The largest absolute Gasteiger partial charge is 0.493 e. The molecule has 1 fully saturated rings. The maximum Gasteiger partial charge on any atom is 0.258 e. The number of unbranched alkanes of at least 4 members (excludes halogenated alkanes) is 4. The van der Waals surface area contributed by atoms with Gasteiger partial charge in [0.15, 0.2) is 11.5 Å². The van der Waals surface area contributed by atoms with Crippen LogP contribution < -0.4 is 24.3 Å². The van der Waals surface area contributed by atoms with Gasteiger partial charge in [-0.3, -0.25) is 4.79 Å². The zero-order chi connectivity index (χ0) is 20.4. The predicted octanol–water partition coefficient (Wildman–Crippen LogP) is 3.11. The highest BCUT2D eigenvalue weighted by atomic mass is 16.5. The number of rotatable bonds is 11. The standard InChI is InChI=1S/C21H34N2O5/c1-5-6-7-8-9-14-28-18-16(21(24)23-12-10-22-11-13-23)15-17(25-2)19(26-3)20(18)27-4/h15,22H,5-14H2,1-4H3. The van der Waals surface area contributed by atoms with Crippen molar-refractivity contribution in [3.8, 4) is 23.0 Å². The van der Waals surface area contributed by atoms with Gasteiger partial charge < -0.3 is 29.2 Å². The smallest absolute Gasteiger partial charge is 0.258 e. The Bertz CT molecular complexity index is 630. The fraction of sp³-hybridized carbons (Fsp3) is 0.667. The lowest BCUT2D eigenvalue weighted by Gasteiger charge is -2.29. The van der Waals surface area contributed by atoms with Crippen LogP contribution in [-0.4, -0.2) is 64.9 Å². The number of carbonyl (C=O) groups excluding carboxylic acids is 1. The summed E-state index contributed by atoms with van der Waals surface area (Å²) in [5, 5.41) is 3.26. The second kappa shape index (κ2) is 11.6. The first kappa shape index (κ1) is 22.1. The van der Waals surface area contributed by atoms with E-state index >= 15 is 0 Å². The molecule has 1 aliphatic heterocycles. The van der Waals surface area contributed by atoms with Crippen LogP contribution in [-0.2, 0) is 0 Å². The lowest BCUT2D eigenvalue weighted by Crippen LogP contribution is -2.46. The van der Waals surface area contributed by atoms with E-state index < -0.39 is 0 Å². The van der Waals surface area contributed by atoms with E-state index in [0.29, 0.717) is 48.3 Å². The van der Waals surface area contributed by atoms with Crippen molar-refractivity contribution in [3.63, 3.8) is 0 Å². The Balaban J connectivity index is 2.30. The Kier molecular flexibility index (Phi) is 9.20. The highest BCUT2D eigenvalue weighted by Crippen LogP contribution is 2.47. The summed E-state index contributed by atoms with van der Waals surface area (Å²) in [4.78, 5) is 15.0. The number of benzene rings is 1. The van der Waals surface area contributed by atoms with E-state index in [4.69, 9.17) is 18.9 Å². The van der Waals surface area contributed by atoms with Crippen molar-refractivity contribution in [1.82, 2.24) is 10.2 Å². The number of carbonyl (C=O) groups is 1. The molecule has 28 heavy (non-hydrogen) atoms. The van der Waals surface area contributed by atoms with E-state index in [1.807, 2.05) is 4.90 Å². The molecule has 0 bridgehead atoms. The summed E-state index contributed by atoms with van der Waals surface area (Å²) in [6, 6.07) is 1.69. The molecular weight excluding hydrogens is 360 g/mol. The molecule has 0 aromatic heterocycles. The van der Waals surface area contributed by atoms with Crippen molar-refractivity contribution in [3.05, 3.63) is 11.6 Å². The summed E-state index contributed by atoms with van der Waals surface area (Å²) in [6.45, 7) is 5.60. The van der Waals surface area contributed by atoms with Gasteiger partial charge in [-0.2, -0.15) is 0 Å². The Morgan fingerprint density at radius 3 is 2.25 bits per heavy atom. The lowest BCUT2D eigenvalue weighted by atomic mass is 10.1. The van der Waals surface area contributed by atoms with Gasteiger partial charge in [-0.1, -0.05) is 32.6 Å². The summed E-state index contributed by atoms with van der Waals surface area (Å²) >= 11 is 0. The summed E-state index contributed by atoms with van der Waals surface area (Å²) in [5.41, 5.74) is 0.449. The third-order valence-electron chi connectivity index (χ3n) is 4.91. The molecule has 1 saturated heterocycles. The van der Waals surface area contributed by atoms with Crippen molar-refractivity contribution < 1.29 is 23.7 Å². The van der Waals surface area contributed by atoms with Gasteiger partial charge in [-0.05, 0) is 6.42 Å². The molecule has 0 saturated carbocycles. The van der Waals surface area contributed by atoms with Crippen molar-refractivity contribution >= 4 is 5.91 Å². The number of amides is 1. The number of methoxy groups -OCH3 is 3. The summed E-state index contributed by atoms with van der Waals surface area (Å²) in [6.07, 6.45) is 5.65. The quantitative estimate of drug-likeness (QED) is 0.582. The van der Waals surface area contributed by atoms with Crippen LogP contribution in [0.4, 0.5) is 0 Å². The second-order valence-corrected chi connectivity index (χ2v) is 6.83. The van der Waals surface area contributed by atoms with Crippen LogP contribution in [0.2, 0.25) is 0 Å². The van der Waals surface area contributed by atoms with Gasteiger partial charge in [0.2, 0.25) is 11.5 Å². The van der Waals surface area contributed by atoms with Gasteiger partial charge in [0.25, 0.3) is 5.91 Å². The molecule has 2 rings (SSSR count). The maximum absolute atomic E-state index is 13.2. The molecule has 1 heterocycles. The highest BCUT2D eigenvalue weighted by Gasteiger charge is 2.29. The zero-order valence-electron chi connectivity index (χ0n) is 17.6. The Morgan fingerprint density at radius 1 is 0.964 bits per heavy atom.